The minimum atomic E-state index is -0.375. The zero-order chi connectivity index (χ0) is 11.0. The first-order chi connectivity index (χ1) is 6.21. The van der Waals surface area contributed by atoms with Crippen molar-refractivity contribution in [2.75, 3.05) is 27.2 Å². The van der Waals surface area contributed by atoms with Crippen molar-refractivity contribution < 1.29 is 14.0 Å². The van der Waals surface area contributed by atoms with Crippen LogP contribution >= 0.6 is 0 Å². The zero-order valence-electron chi connectivity index (χ0n) is 9.96. The molecule has 1 aliphatic heterocycles. The number of carbonyl (C=O) groups excluding carboxylic acids is 1. The van der Waals surface area contributed by atoms with Crippen LogP contribution in [0.4, 0.5) is 0 Å². The summed E-state index contributed by atoms with van der Waals surface area (Å²) in [5.41, 5.74) is -0.375. The van der Waals surface area contributed by atoms with Gasteiger partial charge >= 0.3 is 5.97 Å². The Morgan fingerprint density at radius 1 is 1.36 bits per heavy atom. The first kappa shape index (κ1) is 11.5. The molecule has 0 aromatic heterocycles. The third-order valence-electron chi connectivity index (χ3n) is 2.64. The molecule has 0 saturated carbocycles. The second-order valence-electron chi connectivity index (χ2n) is 5.91. The van der Waals surface area contributed by atoms with Crippen molar-refractivity contribution in [1.29, 1.82) is 0 Å². The molecular weight excluding hydrogens is 178 g/mol. The van der Waals surface area contributed by atoms with Crippen LogP contribution in [-0.2, 0) is 9.53 Å². The maximum atomic E-state index is 11.6. The molecule has 0 aromatic carbocycles. The third kappa shape index (κ3) is 2.98. The lowest BCUT2D eigenvalue weighted by Crippen LogP contribution is -2.38. The molecule has 1 rings (SSSR count). The van der Waals surface area contributed by atoms with Crippen molar-refractivity contribution in [2.45, 2.75) is 33.3 Å². The molecule has 0 aliphatic carbocycles. The van der Waals surface area contributed by atoms with Gasteiger partial charge in [-0.2, -0.15) is 0 Å². The number of hydrogen-bond acceptors (Lipinski definition) is 2. The second-order valence-corrected chi connectivity index (χ2v) is 5.91. The summed E-state index contributed by atoms with van der Waals surface area (Å²) in [4.78, 5) is 11.6. The molecule has 0 spiro atoms. The number of esters is 1. The minimum absolute atomic E-state index is 0.0793. The number of quaternary nitrogens is 1. The fourth-order valence-corrected chi connectivity index (χ4v) is 1.65. The number of nitrogens with zero attached hydrogens (tertiary/aromatic N) is 1. The highest BCUT2D eigenvalue weighted by molar-refractivity contribution is 5.75. The van der Waals surface area contributed by atoms with Crippen molar-refractivity contribution in [2.24, 2.45) is 5.41 Å². The van der Waals surface area contributed by atoms with Crippen LogP contribution < -0.4 is 0 Å². The van der Waals surface area contributed by atoms with Crippen molar-refractivity contribution in [3.05, 3.63) is 0 Å². The van der Waals surface area contributed by atoms with E-state index in [-0.39, 0.29) is 17.5 Å². The molecule has 82 valence electrons. The molecule has 3 heteroatoms. The van der Waals surface area contributed by atoms with Crippen LogP contribution in [-0.4, -0.2) is 43.7 Å². The van der Waals surface area contributed by atoms with E-state index in [1.807, 2.05) is 20.8 Å². The van der Waals surface area contributed by atoms with Gasteiger partial charge in [0, 0.05) is 6.42 Å². The van der Waals surface area contributed by atoms with Crippen LogP contribution in [0.2, 0.25) is 0 Å². The summed E-state index contributed by atoms with van der Waals surface area (Å²) in [5, 5.41) is 0. The Kier molecular flexibility index (Phi) is 2.91. The van der Waals surface area contributed by atoms with Gasteiger partial charge in [-0.1, -0.05) is 0 Å². The van der Waals surface area contributed by atoms with Gasteiger partial charge in [0.25, 0.3) is 0 Å². The molecule has 1 saturated heterocycles. The summed E-state index contributed by atoms with van der Waals surface area (Å²) < 4.78 is 6.42. The van der Waals surface area contributed by atoms with Gasteiger partial charge in [0.15, 0.2) is 6.10 Å². The van der Waals surface area contributed by atoms with Crippen LogP contribution in [0.1, 0.15) is 27.2 Å². The molecule has 1 unspecified atom stereocenters. The molecule has 1 atom stereocenters. The zero-order valence-corrected chi connectivity index (χ0v) is 9.96. The number of likely N-dealkylation sites (tertiary alicyclic amines) is 1. The van der Waals surface area contributed by atoms with Crippen molar-refractivity contribution in [3.8, 4) is 0 Å². The molecule has 14 heavy (non-hydrogen) atoms. The summed E-state index contributed by atoms with van der Waals surface area (Å²) in [6, 6.07) is 0. The SMILES string of the molecule is CC(C)(C)C(=O)OC1CC[N+](C)(C)C1. The van der Waals surface area contributed by atoms with Crippen LogP contribution in [0.5, 0.6) is 0 Å². The Labute approximate surface area is 86.6 Å². The molecule has 1 aliphatic rings. The minimum Gasteiger partial charge on any atom is -0.456 e. The van der Waals surface area contributed by atoms with E-state index < -0.39 is 0 Å². The van der Waals surface area contributed by atoms with E-state index in [9.17, 15) is 4.79 Å². The van der Waals surface area contributed by atoms with Crippen molar-refractivity contribution in [1.82, 2.24) is 0 Å². The van der Waals surface area contributed by atoms with Gasteiger partial charge in [0.1, 0.15) is 6.54 Å². The van der Waals surface area contributed by atoms with E-state index in [0.717, 1.165) is 24.0 Å². The fraction of sp³-hybridized carbons (Fsp3) is 0.909. The quantitative estimate of drug-likeness (QED) is 0.473. The lowest BCUT2D eigenvalue weighted by atomic mass is 9.97. The van der Waals surface area contributed by atoms with E-state index in [0.29, 0.717) is 0 Å². The van der Waals surface area contributed by atoms with Crippen LogP contribution in [0, 0.1) is 5.41 Å². The summed E-state index contributed by atoms with van der Waals surface area (Å²) in [6.45, 7) is 7.72. The molecule has 1 heterocycles. The smallest absolute Gasteiger partial charge is 0.311 e. The number of carbonyl (C=O) groups is 1. The standard InChI is InChI=1S/C11H22NO2/c1-11(2,3)10(13)14-9-6-7-12(4,5)8-9/h9H,6-8H2,1-5H3/q+1. The lowest BCUT2D eigenvalue weighted by Gasteiger charge is -2.24. The number of hydrogen-bond donors (Lipinski definition) is 0. The van der Waals surface area contributed by atoms with Gasteiger partial charge in [-0.3, -0.25) is 4.79 Å². The molecule has 0 N–H and O–H groups in total. The maximum absolute atomic E-state index is 11.6. The Morgan fingerprint density at radius 3 is 2.29 bits per heavy atom. The highest BCUT2D eigenvalue weighted by Gasteiger charge is 2.35. The van der Waals surface area contributed by atoms with E-state index in [1.165, 1.54) is 0 Å². The van der Waals surface area contributed by atoms with Crippen molar-refractivity contribution >= 4 is 5.97 Å². The van der Waals surface area contributed by atoms with Gasteiger partial charge in [0.05, 0.1) is 26.1 Å². The monoisotopic (exact) mass is 200 g/mol. The second kappa shape index (κ2) is 3.54. The normalized spacial score (nSPS) is 26.2. The topological polar surface area (TPSA) is 26.3 Å². The van der Waals surface area contributed by atoms with Crippen LogP contribution in [0.3, 0.4) is 0 Å². The first-order valence-electron chi connectivity index (χ1n) is 5.24. The van der Waals surface area contributed by atoms with Crippen molar-refractivity contribution in [3.63, 3.8) is 0 Å². The Morgan fingerprint density at radius 2 is 1.93 bits per heavy atom. The fourth-order valence-electron chi connectivity index (χ4n) is 1.65. The highest BCUT2D eigenvalue weighted by atomic mass is 16.5. The first-order valence-corrected chi connectivity index (χ1v) is 5.24. The summed E-state index contributed by atoms with van der Waals surface area (Å²) in [7, 11) is 4.34. The highest BCUT2D eigenvalue weighted by Crippen LogP contribution is 2.22. The van der Waals surface area contributed by atoms with E-state index in [2.05, 4.69) is 14.1 Å². The van der Waals surface area contributed by atoms with Gasteiger partial charge in [-0.05, 0) is 20.8 Å². The summed E-state index contributed by atoms with van der Waals surface area (Å²) in [6.07, 6.45) is 1.12. The van der Waals surface area contributed by atoms with Gasteiger partial charge in [0.2, 0.25) is 0 Å². The number of likely N-dealkylation sites (N-methyl/N-ethyl adjacent to an activating group) is 1. The van der Waals surface area contributed by atoms with E-state index in [1.54, 1.807) is 0 Å². The molecule has 0 amide bonds. The Balaban J connectivity index is 2.44. The molecule has 0 bridgehead atoms. The van der Waals surface area contributed by atoms with Gasteiger partial charge in [-0.15, -0.1) is 0 Å². The maximum Gasteiger partial charge on any atom is 0.311 e. The van der Waals surface area contributed by atoms with E-state index in [4.69, 9.17) is 4.74 Å². The molecular formula is C11H22NO2+. The Bertz CT molecular complexity index is 228. The molecule has 3 nitrogen and oxygen atoms in total. The Hall–Kier alpha value is -0.570. The van der Waals surface area contributed by atoms with Crippen LogP contribution in [0.25, 0.3) is 0 Å². The predicted octanol–water partition coefficient (Wildman–Crippen LogP) is 1.42. The third-order valence-corrected chi connectivity index (χ3v) is 2.64. The summed E-state index contributed by atoms with van der Waals surface area (Å²) >= 11 is 0. The molecule has 1 fully saturated rings. The predicted molar refractivity (Wildman–Crippen MR) is 55.8 cm³/mol. The lowest BCUT2D eigenvalue weighted by molar-refractivity contribution is -0.879. The molecule has 0 radical (unpaired) electrons. The number of rotatable bonds is 1. The van der Waals surface area contributed by atoms with Gasteiger partial charge in [-0.25, -0.2) is 0 Å². The van der Waals surface area contributed by atoms with E-state index >= 15 is 0 Å². The largest absolute Gasteiger partial charge is 0.456 e. The average molecular weight is 200 g/mol. The van der Waals surface area contributed by atoms with Crippen LogP contribution in [0.15, 0.2) is 0 Å². The number of ether oxygens (including phenoxy) is 1. The molecule has 0 aromatic rings. The summed E-state index contributed by atoms with van der Waals surface area (Å²) in [5.74, 6) is -0.0793. The van der Waals surface area contributed by atoms with Gasteiger partial charge < -0.3 is 9.22 Å². The average Bonchev–Trinajstić information content (AvgIpc) is 2.28.